The van der Waals surface area contributed by atoms with Crippen LogP contribution in [0.3, 0.4) is 0 Å². The molecule has 82 valence electrons. The number of hydrogen-bond acceptors (Lipinski definition) is 6. The number of H-pyrrole nitrogens is 1. The Morgan fingerprint density at radius 3 is 3.18 bits per heavy atom. The molecule has 0 radical (unpaired) electrons. The third-order valence-corrected chi connectivity index (χ3v) is 2.87. The zero-order valence-corrected chi connectivity index (χ0v) is 9.23. The van der Waals surface area contributed by atoms with E-state index < -0.39 is 0 Å². The fourth-order valence-corrected chi connectivity index (χ4v) is 2.01. The van der Waals surface area contributed by atoms with Gasteiger partial charge in [-0.05, 0) is 11.4 Å². The van der Waals surface area contributed by atoms with Crippen LogP contribution in [0.15, 0.2) is 27.5 Å². The summed E-state index contributed by atoms with van der Waals surface area (Å²) in [5.74, 6) is 0.794. The second-order valence-electron chi connectivity index (χ2n) is 3.21. The predicted octanol–water partition coefficient (Wildman–Crippen LogP) is 2.06. The van der Waals surface area contributed by atoms with Crippen LogP contribution >= 0.6 is 11.3 Å². The molecule has 0 amide bonds. The summed E-state index contributed by atoms with van der Waals surface area (Å²) >= 11 is 1.56. The van der Waals surface area contributed by atoms with Gasteiger partial charge >= 0.3 is 0 Å². The molecule has 0 aliphatic carbocycles. The SMILES string of the molecule is N#Cc1[nH]ncc1-c1nc(-c2ccsc2)no1. The normalized spacial score (nSPS) is 10.3. The average molecular weight is 243 g/mol. The maximum absolute atomic E-state index is 8.85. The number of aromatic amines is 1. The summed E-state index contributed by atoms with van der Waals surface area (Å²) in [5, 5.41) is 22.9. The van der Waals surface area contributed by atoms with E-state index in [1.165, 1.54) is 6.20 Å². The van der Waals surface area contributed by atoms with Crippen molar-refractivity contribution in [3.05, 3.63) is 28.7 Å². The number of rotatable bonds is 2. The van der Waals surface area contributed by atoms with Gasteiger partial charge in [-0.15, -0.1) is 0 Å². The van der Waals surface area contributed by atoms with Gasteiger partial charge in [-0.3, -0.25) is 5.10 Å². The Bertz CT molecular complexity index is 676. The van der Waals surface area contributed by atoms with Crippen LogP contribution in [0.5, 0.6) is 0 Å². The number of hydrogen-bond donors (Lipinski definition) is 1. The molecule has 3 rings (SSSR count). The van der Waals surface area contributed by atoms with Gasteiger partial charge in [0.25, 0.3) is 5.89 Å². The molecule has 3 aromatic heterocycles. The molecular formula is C10H5N5OS. The highest BCUT2D eigenvalue weighted by Crippen LogP contribution is 2.24. The van der Waals surface area contributed by atoms with E-state index in [1.807, 2.05) is 22.9 Å². The Morgan fingerprint density at radius 2 is 2.41 bits per heavy atom. The predicted molar refractivity (Wildman–Crippen MR) is 59.9 cm³/mol. The lowest BCUT2D eigenvalue weighted by molar-refractivity contribution is 0.432. The van der Waals surface area contributed by atoms with Gasteiger partial charge < -0.3 is 4.52 Å². The summed E-state index contributed by atoms with van der Waals surface area (Å²) in [6, 6.07) is 3.88. The van der Waals surface area contributed by atoms with Gasteiger partial charge in [0, 0.05) is 10.9 Å². The highest BCUT2D eigenvalue weighted by atomic mass is 32.1. The molecule has 3 heterocycles. The summed E-state index contributed by atoms with van der Waals surface area (Å²) in [4.78, 5) is 4.22. The number of aromatic nitrogens is 4. The van der Waals surface area contributed by atoms with Crippen molar-refractivity contribution in [2.75, 3.05) is 0 Å². The van der Waals surface area contributed by atoms with Gasteiger partial charge in [0.2, 0.25) is 5.82 Å². The largest absolute Gasteiger partial charge is 0.333 e. The lowest BCUT2D eigenvalue weighted by Crippen LogP contribution is -1.81. The maximum atomic E-state index is 8.85. The Morgan fingerprint density at radius 1 is 1.47 bits per heavy atom. The van der Waals surface area contributed by atoms with Gasteiger partial charge in [-0.1, -0.05) is 5.16 Å². The van der Waals surface area contributed by atoms with Crippen LogP contribution in [0.1, 0.15) is 5.69 Å². The van der Waals surface area contributed by atoms with Crippen molar-refractivity contribution in [1.82, 2.24) is 20.3 Å². The number of nitriles is 1. The molecule has 3 aromatic rings. The Labute approximate surface area is 99.5 Å². The molecule has 1 N–H and O–H groups in total. The standard InChI is InChI=1S/C10H5N5OS/c11-3-8-7(4-12-14-8)10-13-9(15-16-10)6-1-2-17-5-6/h1-2,4-5H,(H,12,14). The quantitative estimate of drug-likeness (QED) is 0.743. The summed E-state index contributed by atoms with van der Waals surface area (Å²) in [6.07, 6.45) is 1.49. The molecule has 0 fully saturated rings. The van der Waals surface area contributed by atoms with Gasteiger partial charge in [-0.2, -0.15) is 26.7 Å². The fourth-order valence-electron chi connectivity index (χ4n) is 1.38. The van der Waals surface area contributed by atoms with Crippen molar-refractivity contribution >= 4 is 11.3 Å². The van der Waals surface area contributed by atoms with Crippen LogP contribution in [-0.2, 0) is 0 Å². The number of nitrogens with one attached hydrogen (secondary N) is 1. The van der Waals surface area contributed by atoms with E-state index in [4.69, 9.17) is 9.78 Å². The number of thiophene rings is 1. The topological polar surface area (TPSA) is 91.4 Å². The zero-order chi connectivity index (χ0) is 11.7. The first kappa shape index (κ1) is 9.74. The van der Waals surface area contributed by atoms with Crippen LogP contribution < -0.4 is 0 Å². The van der Waals surface area contributed by atoms with Crippen molar-refractivity contribution in [2.45, 2.75) is 0 Å². The third kappa shape index (κ3) is 1.60. The van der Waals surface area contributed by atoms with Crippen molar-refractivity contribution in [1.29, 1.82) is 5.26 Å². The lowest BCUT2D eigenvalue weighted by Gasteiger charge is -1.85. The second-order valence-corrected chi connectivity index (χ2v) is 3.99. The van der Waals surface area contributed by atoms with Crippen LogP contribution in [0.25, 0.3) is 22.8 Å². The molecule has 0 saturated heterocycles. The molecule has 0 atom stereocenters. The summed E-state index contributed by atoms with van der Waals surface area (Å²) < 4.78 is 5.11. The minimum atomic E-state index is 0.288. The Balaban J connectivity index is 2.04. The maximum Gasteiger partial charge on any atom is 0.262 e. The third-order valence-electron chi connectivity index (χ3n) is 2.19. The highest BCUT2D eigenvalue weighted by Gasteiger charge is 2.15. The van der Waals surface area contributed by atoms with E-state index in [0.717, 1.165) is 5.56 Å². The summed E-state index contributed by atoms with van der Waals surface area (Å²) in [5.41, 5.74) is 1.72. The minimum Gasteiger partial charge on any atom is -0.333 e. The molecule has 0 spiro atoms. The lowest BCUT2D eigenvalue weighted by atomic mass is 10.2. The fraction of sp³-hybridized carbons (Fsp3) is 0. The van der Waals surface area contributed by atoms with Crippen molar-refractivity contribution in [3.8, 4) is 28.9 Å². The molecule has 0 aromatic carbocycles. The molecule has 0 aliphatic heterocycles. The molecule has 0 aliphatic rings. The first-order valence-corrected chi connectivity index (χ1v) is 5.63. The highest BCUT2D eigenvalue weighted by molar-refractivity contribution is 7.08. The monoisotopic (exact) mass is 243 g/mol. The molecule has 0 unspecified atom stereocenters. The van der Waals surface area contributed by atoms with Gasteiger partial charge in [0.05, 0.1) is 11.8 Å². The van der Waals surface area contributed by atoms with E-state index in [-0.39, 0.29) is 5.89 Å². The molecule has 17 heavy (non-hydrogen) atoms. The molecule has 0 saturated carbocycles. The molecule has 0 bridgehead atoms. The van der Waals surface area contributed by atoms with Crippen molar-refractivity contribution in [3.63, 3.8) is 0 Å². The zero-order valence-electron chi connectivity index (χ0n) is 8.41. The van der Waals surface area contributed by atoms with Crippen LogP contribution in [0, 0.1) is 11.3 Å². The van der Waals surface area contributed by atoms with E-state index >= 15 is 0 Å². The average Bonchev–Trinajstić information content (AvgIpc) is 3.09. The number of nitrogens with zero attached hydrogens (tertiary/aromatic N) is 4. The van der Waals surface area contributed by atoms with E-state index in [2.05, 4.69) is 20.3 Å². The van der Waals surface area contributed by atoms with Crippen molar-refractivity contribution in [2.24, 2.45) is 0 Å². The van der Waals surface area contributed by atoms with Crippen LogP contribution in [0.2, 0.25) is 0 Å². The Kier molecular flexibility index (Phi) is 2.20. The summed E-state index contributed by atoms with van der Waals surface area (Å²) in [7, 11) is 0. The first-order valence-electron chi connectivity index (χ1n) is 4.68. The van der Waals surface area contributed by atoms with Crippen molar-refractivity contribution < 1.29 is 4.52 Å². The molecular weight excluding hydrogens is 238 g/mol. The van der Waals surface area contributed by atoms with Crippen LogP contribution in [0.4, 0.5) is 0 Å². The summed E-state index contributed by atoms with van der Waals surface area (Å²) in [6.45, 7) is 0. The minimum absolute atomic E-state index is 0.288. The molecule has 7 heteroatoms. The molecule has 6 nitrogen and oxygen atoms in total. The van der Waals surface area contributed by atoms with Gasteiger partial charge in [-0.25, -0.2) is 0 Å². The van der Waals surface area contributed by atoms with Gasteiger partial charge in [0.1, 0.15) is 11.8 Å². The van der Waals surface area contributed by atoms with Gasteiger partial charge in [0.15, 0.2) is 0 Å². The van der Waals surface area contributed by atoms with E-state index in [1.54, 1.807) is 11.3 Å². The second kappa shape index (κ2) is 3.84. The van der Waals surface area contributed by atoms with E-state index in [9.17, 15) is 0 Å². The van der Waals surface area contributed by atoms with E-state index in [0.29, 0.717) is 17.1 Å². The van der Waals surface area contributed by atoms with Crippen LogP contribution in [-0.4, -0.2) is 20.3 Å². The Hall–Kier alpha value is -2.46. The first-order chi connectivity index (χ1) is 8.38. The smallest absolute Gasteiger partial charge is 0.262 e.